The van der Waals surface area contributed by atoms with Gasteiger partial charge in [-0.25, -0.2) is 9.59 Å². The van der Waals surface area contributed by atoms with Gasteiger partial charge in [-0.3, -0.25) is 0 Å². The van der Waals surface area contributed by atoms with Crippen LogP contribution in [0.25, 0.3) is 0 Å². The Bertz CT molecular complexity index is 1500. The first-order valence-corrected chi connectivity index (χ1v) is 12.1. The number of para-hydroxylation sites is 2. The Hall–Kier alpha value is -4.20. The van der Waals surface area contributed by atoms with Crippen LogP contribution in [0, 0.1) is 11.3 Å². The first-order chi connectivity index (χ1) is 16.7. The first-order valence-electron chi connectivity index (χ1n) is 10.6. The average Bonchev–Trinajstić information content (AvgIpc) is 3.13. The molecule has 2 unspecified atom stereocenters. The van der Waals surface area contributed by atoms with E-state index in [1.54, 1.807) is 37.3 Å². The molecule has 2 atom stereocenters. The minimum absolute atomic E-state index is 0.0487. The van der Waals surface area contributed by atoms with Gasteiger partial charge in [-0.15, -0.1) is 0 Å². The molecule has 1 aliphatic heterocycles. The zero-order chi connectivity index (χ0) is 25.4. The summed E-state index contributed by atoms with van der Waals surface area (Å²) in [6.45, 7) is 2.06. The number of nitrogens with zero attached hydrogens (tertiary/aromatic N) is 2. The molecule has 0 spiro atoms. The van der Waals surface area contributed by atoms with Gasteiger partial charge in [0, 0.05) is 17.2 Å². The Morgan fingerprint density at radius 2 is 1.71 bits per heavy atom. The Morgan fingerprint density at radius 3 is 2.34 bits per heavy atom. The number of fused-ring (bicyclic) bond motifs is 1. The Balaban J connectivity index is 2.11. The number of rotatable bonds is 6. The van der Waals surface area contributed by atoms with E-state index in [1.807, 2.05) is 6.07 Å². The number of hydrogen-bond donors (Lipinski definition) is 1. The van der Waals surface area contributed by atoms with Gasteiger partial charge in [0.25, 0.3) is 0 Å². The van der Waals surface area contributed by atoms with Crippen LogP contribution in [0.4, 0.5) is 10.5 Å². The first kappa shape index (κ1) is 23.9. The minimum atomic E-state index is -4.83. The molecule has 3 aromatic carbocycles. The molecule has 0 aliphatic carbocycles. The highest BCUT2D eigenvalue weighted by Gasteiger charge is 2.67. The molecule has 0 bridgehead atoms. The Morgan fingerprint density at radius 1 is 1.06 bits per heavy atom. The quantitative estimate of drug-likeness (QED) is 0.521. The number of nitriles is 1. The molecule has 0 aromatic heterocycles. The van der Waals surface area contributed by atoms with Crippen molar-refractivity contribution < 1.29 is 27.5 Å². The summed E-state index contributed by atoms with van der Waals surface area (Å²) in [6, 6.07) is 16.9. The monoisotopic (exact) mass is 492 g/mol. The van der Waals surface area contributed by atoms with Crippen LogP contribution in [0.5, 0.6) is 11.5 Å². The van der Waals surface area contributed by atoms with E-state index in [9.17, 15) is 23.3 Å². The molecule has 0 fully saturated rings. The van der Waals surface area contributed by atoms with Crippen LogP contribution < -0.4 is 19.1 Å². The highest BCUT2D eigenvalue weighted by molar-refractivity contribution is 7.92. The molecule has 0 saturated heterocycles. The Kier molecular flexibility index (Phi) is 6.06. The lowest BCUT2D eigenvalue weighted by Gasteiger charge is -2.27. The summed E-state index contributed by atoms with van der Waals surface area (Å²) in [4.78, 5) is 27.0. The number of amides is 3. The number of methoxy groups -OCH3 is 1. The highest BCUT2D eigenvalue weighted by Crippen LogP contribution is 2.51. The molecule has 1 aliphatic rings. The maximum absolute atomic E-state index is 14.2. The Labute approximate surface area is 202 Å². The predicted molar refractivity (Wildman–Crippen MR) is 127 cm³/mol. The van der Waals surface area contributed by atoms with E-state index in [2.05, 4.69) is 0 Å². The fourth-order valence-electron chi connectivity index (χ4n) is 4.46. The lowest BCUT2D eigenvalue weighted by atomic mass is 9.91. The van der Waals surface area contributed by atoms with E-state index in [-0.39, 0.29) is 27.5 Å². The number of ether oxygens (including phenoxy) is 2. The molecule has 0 radical (unpaired) electrons. The summed E-state index contributed by atoms with van der Waals surface area (Å²) in [7, 11) is -3.55. The van der Waals surface area contributed by atoms with Gasteiger partial charge in [-0.05, 0) is 41.1 Å². The van der Waals surface area contributed by atoms with Gasteiger partial charge in [0.2, 0.25) is 0 Å². The van der Waals surface area contributed by atoms with Crippen LogP contribution >= 0.6 is 0 Å². The molecule has 178 valence electrons. The van der Waals surface area contributed by atoms with Crippen molar-refractivity contribution in [3.05, 3.63) is 83.4 Å². The van der Waals surface area contributed by atoms with E-state index in [1.165, 1.54) is 43.5 Å². The number of benzene rings is 3. The SMILES string of the molecule is CCOc1ccccc1C1C(=O)[N+](C(N)=O)(S(=O)(=O)c2ccccc2OC)c2ccc(C#N)cc21. The van der Waals surface area contributed by atoms with Crippen LogP contribution in [0.15, 0.2) is 71.6 Å². The van der Waals surface area contributed by atoms with Gasteiger partial charge in [-0.2, -0.15) is 13.7 Å². The maximum Gasteiger partial charge on any atom is 0.442 e. The van der Waals surface area contributed by atoms with Gasteiger partial charge in [-0.1, -0.05) is 30.3 Å². The molecule has 3 amide bonds. The molecule has 10 heteroatoms. The summed E-state index contributed by atoms with van der Waals surface area (Å²) in [5.41, 5.74) is 6.33. The summed E-state index contributed by atoms with van der Waals surface area (Å²) in [5, 5.41) is 9.48. The molecule has 1 heterocycles. The van der Waals surface area contributed by atoms with E-state index < -0.39 is 31.8 Å². The zero-order valence-corrected chi connectivity index (χ0v) is 19.8. The number of nitrogens with two attached hydrogens (primary N) is 1. The van der Waals surface area contributed by atoms with Crippen molar-refractivity contribution >= 4 is 27.6 Å². The molecular weight excluding hydrogens is 470 g/mol. The summed E-state index contributed by atoms with van der Waals surface area (Å²) in [5.74, 6) is -1.94. The van der Waals surface area contributed by atoms with Crippen molar-refractivity contribution in [2.75, 3.05) is 13.7 Å². The number of urea groups is 1. The second-order valence-corrected chi connectivity index (χ2v) is 9.64. The number of imide groups is 1. The maximum atomic E-state index is 14.2. The molecule has 0 saturated carbocycles. The van der Waals surface area contributed by atoms with Crippen molar-refractivity contribution in [1.82, 2.24) is 3.89 Å². The summed E-state index contributed by atoms with van der Waals surface area (Å²) >= 11 is 0. The third-order valence-electron chi connectivity index (χ3n) is 5.91. The summed E-state index contributed by atoms with van der Waals surface area (Å²) < 4.78 is 37.5. The molecular formula is C25H22N3O6S+. The number of hydrogen-bond acceptors (Lipinski definition) is 7. The molecule has 9 nitrogen and oxygen atoms in total. The lowest BCUT2D eigenvalue weighted by molar-refractivity contribution is -0.123. The number of quaternary nitrogens is 1. The number of sulfonamides is 1. The van der Waals surface area contributed by atoms with Gasteiger partial charge >= 0.3 is 22.0 Å². The van der Waals surface area contributed by atoms with E-state index in [4.69, 9.17) is 15.2 Å². The van der Waals surface area contributed by atoms with Gasteiger partial charge in [0.05, 0.1) is 25.3 Å². The van der Waals surface area contributed by atoms with Gasteiger partial charge in [0.15, 0.2) is 10.6 Å². The molecule has 3 aromatic rings. The van der Waals surface area contributed by atoms with Crippen molar-refractivity contribution in [1.29, 1.82) is 5.26 Å². The van der Waals surface area contributed by atoms with Gasteiger partial charge in [0.1, 0.15) is 17.4 Å². The van der Waals surface area contributed by atoms with Crippen molar-refractivity contribution in [2.45, 2.75) is 17.7 Å². The second-order valence-electron chi connectivity index (χ2n) is 7.70. The third kappa shape index (κ3) is 3.36. The predicted octanol–water partition coefficient (Wildman–Crippen LogP) is 3.41. The van der Waals surface area contributed by atoms with E-state index >= 15 is 0 Å². The third-order valence-corrected chi connectivity index (χ3v) is 8.08. The second kappa shape index (κ2) is 8.87. The fourth-order valence-corrected chi connectivity index (χ4v) is 6.41. The van der Waals surface area contributed by atoms with E-state index in [0.29, 0.717) is 17.9 Å². The smallest absolute Gasteiger partial charge is 0.442 e. The highest BCUT2D eigenvalue weighted by atomic mass is 32.2. The number of carbonyl (C=O) groups is 2. The largest absolute Gasteiger partial charge is 0.495 e. The molecule has 4 rings (SSSR count). The molecule has 35 heavy (non-hydrogen) atoms. The van der Waals surface area contributed by atoms with Gasteiger partial charge < -0.3 is 15.2 Å². The van der Waals surface area contributed by atoms with Crippen molar-refractivity contribution in [3.8, 4) is 17.6 Å². The fraction of sp³-hybridized carbons (Fsp3) is 0.160. The van der Waals surface area contributed by atoms with Crippen LogP contribution in [0.3, 0.4) is 0 Å². The minimum Gasteiger partial charge on any atom is -0.495 e. The van der Waals surface area contributed by atoms with E-state index in [0.717, 1.165) is 0 Å². The van der Waals surface area contributed by atoms with Crippen molar-refractivity contribution in [3.63, 3.8) is 0 Å². The standard InChI is InChI=1S/C25H21N3O6S/c1-3-34-20-9-5-4-8-17(20)23-18-14-16(15-26)12-13-19(18)28(24(23)29,25(27)30)35(31,32)22-11-7-6-10-21(22)33-2/h4-14,23H,3H2,1-2H3,(H-,27,30)/p+1. The lowest BCUT2D eigenvalue weighted by Crippen LogP contribution is -2.63. The van der Waals surface area contributed by atoms with Crippen molar-refractivity contribution in [2.24, 2.45) is 5.73 Å². The number of carbonyl (C=O) groups excluding carboxylic acids is 2. The van der Waals surface area contributed by atoms with Crippen LogP contribution in [-0.4, -0.2) is 34.1 Å². The zero-order valence-electron chi connectivity index (χ0n) is 19.0. The molecule has 2 N–H and O–H groups in total. The van der Waals surface area contributed by atoms with Crippen LogP contribution in [0.2, 0.25) is 0 Å². The number of primary amides is 1. The average molecular weight is 493 g/mol. The van der Waals surface area contributed by atoms with Crippen LogP contribution in [0.1, 0.15) is 29.5 Å². The topological polar surface area (TPSA) is 137 Å². The summed E-state index contributed by atoms with van der Waals surface area (Å²) in [6.07, 6.45) is 0. The normalized spacial score (nSPS) is 19.0. The van der Waals surface area contributed by atoms with Crippen LogP contribution in [-0.2, 0) is 14.8 Å².